The SMILES string of the molecule is O=C(O)c1ccn(Cc2cccc(F)c2F)n1. The van der Waals surface area contributed by atoms with Crippen molar-refractivity contribution in [1.82, 2.24) is 9.78 Å². The summed E-state index contributed by atoms with van der Waals surface area (Å²) in [5.74, 6) is -3.04. The van der Waals surface area contributed by atoms with Gasteiger partial charge in [0.25, 0.3) is 0 Å². The number of carboxylic acid groups (broad SMARTS) is 1. The first kappa shape index (κ1) is 11.3. The molecule has 88 valence electrons. The van der Waals surface area contributed by atoms with E-state index in [1.54, 1.807) is 0 Å². The van der Waals surface area contributed by atoms with Gasteiger partial charge in [-0.25, -0.2) is 13.6 Å². The van der Waals surface area contributed by atoms with E-state index in [4.69, 9.17) is 5.11 Å². The van der Waals surface area contributed by atoms with E-state index in [9.17, 15) is 13.6 Å². The summed E-state index contributed by atoms with van der Waals surface area (Å²) >= 11 is 0. The number of carboxylic acids is 1. The summed E-state index contributed by atoms with van der Waals surface area (Å²) in [6, 6.07) is 5.11. The Morgan fingerprint density at radius 1 is 1.35 bits per heavy atom. The molecule has 1 aromatic heterocycles. The van der Waals surface area contributed by atoms with E-state index in [2.05, 4.69) is 5.10 Å². The highest BCUT2D eigenvalue weighted by molar-refractivity contribution is 5.85. The van der Waals surface area contributed by atoms with Crippen LogP contribution in [0.3, 0.4) is 0 Å². The average molecular weight is 238 g/mol. The molecule has 1 aromatic carbocycles. The van der Waals surface area contributed by atoms with Gasteiger partial charge < -0.3 is 5.11 Å². The number of hydrogen-bond acceptors (Lipinski definition) is 2. The second kappa shape index (κ2) is 4.32. The summed E-state index contributed by atoms with van der Waals surface area (Å²) < 4.78 is 27.5. The van der Waals surface area contributed by atoms with Crippen molar-refractivity contribution in [2.45, 2.75) is 6.54 Å². The molecule has 0 amide bonds. The summed E-state index contributed by atoms with van der Waals surface area (Å²) in [5.41, 5.74) is -0.0214. The van der Waals surface area contributed by atoms with Crippen LogP contribution >= 0.6 is 0 Å². The number of hydrogen-bond donors (Lipinski definition) is 1. The standard InChI is InChI=1S/C11H8F2N2O2/c12-8-3-1-2-7(10(8)13)6-15-5-4-9(14-15)11(16)17/h1-5H,6H2,(H,16,17). The fraction of sp³-hybridized carbons (Fsp3) is 0.0909. The Bertz CT molecular complexity index is 566. The van der Waals surface area contributed by atoms with Crippen LogP contribution in [0.1, 0.15) is 16.1 Å². The van der Waals surface area contributed by atoms with Crippen LogP contribution in [-0.2, 0) is 6.54 Å². The Labute approximate surface area is 95.1 Å². The monoisotopic (exact) mass is 238 g/mol. The molecule has 0 spiro atoms. The topological polar surface area (TPSA) is 55.1 Å². The minimum absolute atomic E-state index is 0.0170. The Hall–Kier alpha value is -2.24. The summed E-state index contributed by atoms with van der Waals surface area (Å²) in [6.45, 7) is -0.0170. The van der Waals surface area contributed by atoms with Crippen LogP contribution < -0.4 is 0 Å². The highest BCUT2D eigenvalue weighted by Gasteiger charge is 2.10. The van der Waals surface area contributed by atoms with Gasteiger partial charge >= 0.3 is 5.97 Å². The average Bonchev–Trinajstić information content (AvgIpc) is 2.73. The van der Waals surface area contributed by atoms with Crippen molar-refractivity contribution in [3.63, 3.8) is 0 Å². The van der Waals surface area contributed by atoms with Crippen molar-refractivity contribution in [3.05, 3.63) is 53.4 Å². The molecule has 0 aliphatic rings. The number of rotatable bonds is 3. The fourth-order valence-corrected chi connectivity index (χ4v) is 1.41. The maximum atomic E-state index is 13.3. The molecule has 6 heteroatoms. The van der Waals surface area contributed by atoms with Crippen molar-refractivity contribution in [3.8, 4) is 0 Å². The quantitative estimate of drug-likeness (QED) is 0.888. The third kappa shape index (κ3) is 2.30. The van der Waals surface area contributed by atoms with E-state index >= 15 is 0 Å². The number of nitrogens with zero attached hydrogens (tertiary/aromatic N) is 2. The number of aromatic nitrogens is 2. The van der Waals surface area contributed by atoms with Crippen molar-refractivity contribution in [1.29, 1.82) is 0 Å². The molecule has 0 fully saturated rings. The summed E-state index contributed by atoms with van der Waals surface area (Å²) in [4.78, 5) is 10.6. The number of carbonyl (C=O) groups is 1. The van der Waals surface area contributed by atoms with Crippen LogP contribution in [0, 0.1) is 11.6 Å². The lowest BCUT2D eigenvalue weighted by Crippen LogP contribution is -2.06. The third-order valence-electron chi connectivity index (χ3n) is 2.22. The smallest absolute Gasteiger partial charge is 0.356 e. The molecule has 0 radical (unpaired) electrons. The van der Waals surface area contributed by atoms with Crippen LogP contribution in [0.5, 0.6) is 0 Å². The zero-order chi connectivity index (χ0) is 12.4. The Balaban J connectivity index is 2.25. The van der Waals surface area contributed by atoms with Crippen molar-refractivity contribution < 1.29 is 18.7 Å². The van der Waals surface area contributed by atoms with Crippen LogP contribution in [0.2, 0.25) is 0 Å². The molecule has 1 heterocycles. The predicted molar refractivity (Wildman–Crippen MR) is 54.6 cm³/mol. The molecule has 4 nitrogen and oxygen atoms in total. The van der Waals surface area contributed by atoms with Gasteiger partial charge in [0.2, 0.25) is 0 Å². The molecule has 1 N–H and O–H groups in total. The molecule has 0 aliphatic carbocycles. The van der Waals surface area contributed by atoms with Gasteiger partial charge in [0, 0.05) is 11.8 Å². The van der Waals surface area contributed by atoms with E-state index in [1.807, 2.05) is 0 Å². The number of aromatic carboxylic acids is 1. The molecule has 0 saturated carbocycles. The molecule has 2 rings (SSSR count). The van der Waals surface area contributed by atoms with Crippen molar-refractivity contribution >= 4 is 5.97 Å². The first-order valence-electron chi connectivity index (χ1n) is 4.77. The molecule has 0 aliphatic heterocycles. The molecule has 17 heavy (non-hydrogen) atoms. The van der Waals surface area contributed by atoms with Gasteiger partial charge in [-0.3, -0.25) is 4.68 Å². The highest BCUT2D eigenvalue weighted by Crippen LogP contribution is 2.12. The van der Waals surface area contributed by atoms with Gasteiger partial charge in [0.05, 0.1) is 6.54 Å². The van der Waals surface area contributed by atoms with Crippen LogP contribution in [0.15, 0.2) is 30.5 Å². The van der Waals surface area contributed by atoms with Crippen molar-refractivity contribution in [2.24, 2.45) is 0 Å². The molecule has 0 saturated heterocycles. The normalized spacial score (nSPS) is 10.5. The van der Waals surface area contributed by atoms with Gasteiger partial charge in [-0.05, 0) is 12.1 Å². The van der Waals surface area contributed by atoms with E-state index in [1.165, 1.54) is 29.1 Å². The molecule has 0 unspecified atom stereocenters. The molecular weight excluding hydrogens is 230 g/mol. The third-order valence-corrected chi connectivity index (χ3v) is 2.22. The van der Waals surface area contributed by atoms with Gasteiger partial charge in [0.1, 0.15) is 0 Å². The zero-order valence-corrected chi connectivity index (χ0v) is 8.60. The fourth-order valence-electron chi connectivity index (χ4n) is 1.41. The Morgan fingerprint density at radius 3 is 2.76 bits per heavy atom. The highest BCUT2D eigenvalue weighted by atomic mass is 19.2. The van der Waals surface area contributed by atoms with Gasteiger partial charge in [0.15, 0.2) is 17.3 Å². The lowest BCUT2D eigenvalue weighted by molar-refractivity contribution is 0.0689. The van der Waals surface area contributed by atoms with Gasteiger partial charge in [-0.2, -0.15) is 5.10 Å². The van der Waals surface area contributed by atoms with Gasteiger partial charge in [-0.15, -0.1) is 0 Å². The van der Waals surface area contributed by atoms with Crippen LogP contribution in [0.25, 0.3) is 0 Å². The van der Waals surface area contributed by atoms with E-state index < -0.39 is 17.6 Å². The maximum Gasteiger partial charge on any atom is 0.356 e. The first-order valence-corrected chi connectivity index (χ1v) is 4.77. The first-order chi connectivity index (χ1) is 8.08. The zero-order valence-electron chi connectivity index (χ0n) is 8.60. The maximum absolute atomic E-state index is 13.3. The second-order valence-electron chi connectivity index (χ2n) is 3.42. The minimum Gasteiger partial charge on any atom is -0.476 e. The van der Waals surface area contributed by atoms with E-state index in [0.717, 1.165) is 6.07 Å². The second-order valence-corrected chi connectivity index (χ2v) is 3.42. The minimum atomic E-state index is -1.16. The van der Waals surface area contributed by atoms with E-state index in [0.29, 0.717) is 0 Å². The largest absolute Gasteiger partial charge is 0.476 e. The molecule has 0 bridgehead atoms. The lowest BCUT2D eigenvalue weighted by Gasteiger charge is -2.03. The summed E-state index contributed by atoms with van der Waals surface area (Å²) in [7, 11) is 0. The lowest BCUT2D eigenvalue weighted by atomic mass is 10.2. The van der Waals surface area contributed by atoms with Crippen LogP contribution in [-0.4, -0.2) is 20.9 Å². The van der Waals surface area contributed by atoms with Crippen LogP contribution in [0.4, 0.5) is 8.78 Å². The Kier molecular flexibility index (Phi) is 2.86. The number of halogens is 2. The Morgan fingerprint density at radius 2 is 2.12 bits per heavy atom. The molecule has 0 atom stereocenters. The number of benzene rings is 1. The predicted octanol–water partition coefficient (Wildman–Crippen LogP) is 1.91. The van der Waals surface area contributed by atoms with Crippen molar-refractivity contribution in [2.75, 3.05) is 0 Å². The molecule has 2 aromatic rings. The summed E-state index contributed by atoms with van der Waals surface area (Å²) in [5, 5.41) is 12.4. The summed E-state index contributed by atoms with van der Waals surface area (Å²) in [6.07, 6.45) is 1.40. The van der Waals surface area contributed by atoms with E-state index in [-0.39, 0.29) is 17.8 Å². The van der Waals surface area contributed by atoms with Gasteiger partial charge in [-0.1, -0.05) is 12.1 Å². The molecular formula is C11H8F2N2O2.